The molecule has 4 heterocycles. The number of benzene rings is 1. The largest absolute Gasteiger partial charge is 0.494 e. The lowest BCUT2D eigenvalue weighted by molar-refractivity contribution is -0.126. The van der Waals surface area contributed by atoms with Crippen LogP contribution in [-0.4, -0.2) is 64.3 Å². The molecule has 5 rings (SSSR count). The highest BCUT2D eigenvalue weighted by molar-refractivity contribution is 7.15. The molecule has 0 saturated carbocycles. The van der Waals surface area contributed by atoms with E-state index < -0.39 is 17.6 Å². The van der Waals surface area contributed by atoms with E-state index in [0.29, 0.717) is 58.9 Å². The Morgan fingerprint density at radius 2 is 1.90 bits per heavy atom. The van der Waals surface area contributed by atoms with Crippen molar-refractivity contribution in [3.05, 3.63) is 70.5 Å². The first-order valence-electron chi connectivity index (χ1n) is 12.8. The van der Waals surface area contributed by atoms with Crippen LogP contribution < -0.4 is 10.5 Å². The summed E-state index contributed by atoms with van der Waals surface area (Å²) in [6, 6.07) is 11.8. The van der Waals surface area contributed by atoms with Crippen LogP contribution in [0.1, 0.15) is 33.6 Å². The molecule has 1 fully saturated rings. The maximum Gasteiger partial charge on any atom is 0.295 e. The van der Waals surface area contributed by atoms with Crippen LogP contribution in [0, 0.1) is 11.3 Å². The highest BCUT2D eigenvalue weighted by atomic mass is 32.1. The van der Waals surface area contributed by atoms with Crippen LogP contribution in [0.4, 0.5) is 0 Å². The first kappa shape index (κ1) is 27.7. The topological polar surface area (TPSA) is 164 Å². The van der Waals surface area contributed by atoms with E-state index in [1.807, 2.05) is 30.3 Å². The molecule has 3 N–H and O–H groups in total. The Balaban J connectivity index is 1.37. The number of nitrogens with one attached hydrogen (secondary N) is 1. The van der Waals surface area contributed by atoms with Crippen LogP contribution in [0.2, 0.25) is 0 Å². The van der Waals surface area contributed by atoms with E-state index in [2.05, 4.69) is 21.0 Å². The number of Topliss-reactive ketones (excluding diaryl/α,β-unsaturated/α-hetero) is 1. The maximum atomic E-state index is 13.5. The highest BCUT2D eigenvalue weighted by Crippen LogP contribution is 2.36. The number of nitriles is 1. The number of piperidine rings is 1. The third-order valence-corrected chi connectivity index (χ3v) is 7.74. The van der Waals surface area contributed by atoms with Gasteiger partial charge in [-0.05, 0) is 24.0 Å². The quantitative estimate of drug-likeness (QED) is 0.175. The molecular formula is C29H26N6O5S. The molecule has 0 atom stereocenters. The van der Waals surface area contributed by atoms with Crippen molar-refractivity contribution >= 4 is 45.4 Å². The second-order valence-corrected chi connectivity index (χ2v) is 10.4. The standard InChI is InChI=1S/C29H26N6O5S/c1-39-22-14-33-26(28-34-12-19(41-28)15-40-16-23(31)36)25-24(22)21(13-32-25)27(37)29(38)35-9-7-18(8-10-35)20(11-30)17-5-3-2-4-6-17/h2-6,12-14,32H,7-10,15-16H2,1H3,(H2,31,36). The van der Waals surface area contributed by atoms with Crippen LogP contribution in [0.5, 0.6) is 5.75 Å². The summed E-state index contributed by atoms with van der Waals surface area (Å²) in [6.07, 6.45) is 5.62. The van der Waals surface area contributed by atoms with Crippen molar-refractivity contribution in [2.24, 2.45) is 5.73 Å². The molecular weight excluding hydrogens is 544 g/mol. The molecule has 0 bridgehead atoms. The summed E-state index contributed by atoms with van der Waals surface area (Å²) in [5, 5.41) is 10.7. The number of nitrogens with two attached hydrogens (primary N) is 1. The number of hydrogen-bond acceptors (Lipinski definition) is 9. The molecule has 2 amide bonds. The lowest BCUT2D eigenvalue weighted by Gasteiger charge is -2.28. The summed E-state index contributed by atoms with van der Waals surface area (Å²) in [4.78, 5) is 52.0. The highest BCUT2D eigenvalue weighted by Gasteiger charge is 2.30. The van der Waals surface area contributed by atoms with Gasteiger partial charge in [-0.3, -0.25) is 14.4 Å². The van der Waals surface area contributed by atoms with Gasteiger partial charge in [-0.2, -0.15) is 5.26 Å². The summed E-state index contributed by atoms with van der Waals surface area (Å²) in [7, 11) is 1.47. The van der Waals surface area contributed by atoms with E-state index in [1.54, 1.807) is 6.20 Å². The molecule has 0 aliphatic carbocycles. The molecule has 0 spiro atoms. The van der Waals surface area contributed by atoms with Crippen LogP contribution in [0.25, 0.3) is 27.2 Å². The van der Waals surface area contributed by atoms with Gasteiger partial charge >= 0.3 is 0 Å². The van der Waals surface area contributed by atoms with Crippen LogP contribution in [-0.2, 0) is 20.9 Å². The molecule has 11 nitrogen and oxygen atoms in total. The van der Waals surface area contributed by atoms with Gasteiger partial charge in [0.25, 0.3) is 11.7 Å². The van der Waals surface area contributed by atoms with Crippen molar-refractivity contribution < 1.29 is 23.9 Å². The van der Waals surface area contributed by atoms with Gasteiger partial charge in [0, 0.05) is 25.5 Å². The molecule has 1 aliphatic heterocycles. The van der Waals surface area contributed by atoms with Crippen molar-refractivity contribution in [2.45, 2.75) is 19.4 Å². The van der Waals surface area contributed by atoms with E-state index >= 15 is 0 Å². The first-order valence-corrected chi connectivity index (χ1v) is 13.6. The number of methoxy groups -OCH3 is 1. The molecule has 1 saturated heterocycles. The molecule has 0 radical (unpaired) electrons. The number of carbonyl (C=O) groups excluding carboxylic acids is 3. The Morgan fingerprint density at radius 3 is 2.59 bits per heavy atom. The van der Waals surface area contributed by atoms with Gasteiger partial charge in [0.05, 0.1) is 52.9 Å². The smallest absolute Gasteiger partial charge is 0.295 e. The fourth-order valence-electron chi connectivity index (χ4n) is 4.79. The van der Waals surface area contributed by atoms with Crippen LogP contribution >= 0.6 is 11.3 Å². The number of rotatable bonds is 9. The van der Waals surface area contributed by atoms with E-state index in [0.717, 1.165) is 16.0 Å². The van der Waals surface area contributed by atoms with Gasteiger partial charge in [0.15, 0.2) is 0 Å². The van der Waals surface area contributed by atoms with Crippen molar-refractivity contribution in [1.82, 2.24) is 19.9 Å². The third-order valence-electron chi connectivity index (χ3n) is 6.76. The van der Waals surface area contributed by atoms with Crippen LogP contribution in [0.3, 0.4) is 0 Å². The summed E-state index contributed by atoms with van der Waals surface area (Å²) in [5.41, 5.74) is 8.72. The van der Waals surface area contributed by atoms with Gasteiger partial charge in [-0.1, -0.05) is 30.3 Å². The van der Waals surface area contributed by atoms with Gasteiger partial charge in [-0.15, -0.1) is 11.3 Å². The van der Waals surface area contributed by atoms with E-state index in [9.17, 15) is 19.6 Å². The van der Waals surface area contributed by atoms with Crippen LogP contribution in [0.15, 0.2) is 54.5 Å². The summed E-state index contributed by atoms with van der Waals surface area (Å²) in [5.74, 6) is -1.51. The molecule has 12 heteroatoms. The van der Waals surface area contributed by atoms with Gasteiger partial charge in [-0.25, -0.2) is 9.97 Å². The fourth-order valence-corrected chi connectivity index (χ4v) is 5.64. The number of primary amides is 1. The first-order chi connectivity index (χ1) is 19.9. The minimum absolute atomic E-state index is 0.164. The number of amides is 2. The summed E-state index contributed by atoms with van der Waals surface area (Å²) < 4.78 is 10.8. The minimum Gasteiger partial charge on any atom is -0.494 e. The Morgan fingerprint density at radius 1 is 1.15 bits per heavy atom. The Hall–Kier alpha value is -4.86. The lowest BCUT2D eigenvalue weighted by Crippen LogP contribution is -2.40. The molecule has 3 aromatic heterocycles. The number of fused-ring (bicyclic) bond motifs is 1. The number of allylic oxidation sites excluding steroid dienone is 1. The number of pyridine rings is 1. The molecule has 1 aliphatic rings. The zero-order chi connectivity index (χ0) is 28.9. The van der Waals surface area contributed by atoms with Crippen molar-refractivity contribution in [2.75, 3.05) is 26.8 Å². The third kappa shape index (κ3) is 5.72. The Labute approximate surface area is 239 Å². The second-order valence-electron chi connectivity index (χ2n) is 9.30. The SMILES string of the molecule is COc1cnc(-c2ncc(COCC(N)=O)s2)c2[nH]cc(C(=O)C(=O)N3CCC(=C(C#N)c4ccccc4)CC3)c12. The zero-order valence-corrected chi connectivity index (χ0v) is 23.0. The second kappa shape index (κ2) is 12.1. The number of likely N-dealkylation sites (tertiary alicyclic amines) is 1. The van der Waals surface area contributed by atoms with Gasteiger partial charge in [0.2, 0.25) is 5.91 Å². The summed E-state index contributed by atoms with van der Waals surface area (Å²) >= 11 is 1.32. The van der Waals surface area contributed by atoms with E-state index in [4.69, 9.17) is 15.2 Å². The number of ether oxygens (including phenoxy) is 2. The fraction of sp³-hybridized carbons (Fsp3) is 0.241. The number of aromatic amines is 1. The monoisotopic (exact) mass is 570 g/mol. The Kier molecular flexibility index (Phi) is 8.19. The van der Waals surface area contributed by atoms with Crippen molar-refractivity contribution in [3.63, 3.8) is 0 Å². The number of carbonyl (C=O) groups is 3. The zero-order valence-electron chi connectivity index (χ0n) is 22.2. The normalized spacial score (nSPS) is 13.2. The number of thiazole rings is 1. The maximum absolute atomic E-state index is 13.5. The van der Waals surface area contributed by atoms with E-state index in [1.165, 1.54) is 35.7 Å². The number of hydrogen-bond donors (Lipinski definition) is 2. The number of nitrogens with zero attached hydrogens (tertiary/aromatic N) is 4. The molecule has 0 unspecified atom stereocenters. The molecule has 4 aromatic rings. The van der Waals surface area contributed by atoms with Crippen molar-refractivity contribution in [3.8, 4) is 22.5 Å². The number of ketones is 1. The molecule has 208 valence electrons. The predicted octanol–water partition coefficient (Wildman–Crippen LogP) is 3.48. The Bertz CT molecular complexity index is 1690. The molecule has 41 heavy (non-hydrogen) atoms. The average Bonchev–Trinajstić information content (AvgIpc) is 3.65. The number of H-pyrrole nitrogens is 1. The van der Waals surface area contributed by atoms with Gasteiger partial charge in [0.1, 0.15) is 23.1 Å². The number of aromatic nitrogens is 3. The predicted molar refractivity (Wildman–Crippen MR) is 152 cm³/mol. The minimum atomic E-state index is -0.664. The average molecular weight is 571 g/mol. The van der Waals surface area contributed by atoms with E-state index in [-0.39, 0.29) is 18.8 Å². The lowest BCUT2D eigenvalue weighted by atomic mass is 9.93. The molecule has 1 aromatic carbocycles. The summed E-state index contributed by atoms with van der Waals surface area (Å²) in [6.45, 7) is 0.639. The van der Waals surface area contributed by atoms with Crippen molar-refractivity contribution in [1.29, 1.82) is 5.26 Å². The van der Waals surface area contributed by atoms with Gasteiger partial charge < -0.3 is 25.1 Å².